The van der Waals surface area contributed by atoms with E-state index in [1.54, 1.807) is 43.5 Å². The van der Waals surface area contributed by atoms with Crippen LogP contribution in [0, 0.1) is 24.0 Å². The van der Waals surface area contributed by atoms with Gasteiger partial charge in [0.05, 0.1) is 17.7 Å². The van der Waals surface area contributed by atoms with Crippen LogP contribution in [0.25, 0.3) is 11.8 Å². The molecule has 1 saturated heterocycles. The number of nitro groups is 1. The van der Waals surface area contributed by atoms with E-state index < -0.39 is 16.7 Å². The van der Waals surface area contributed by atoms with E-state index in [4.69, 9.17) is 17.0 Å². The highest BCUT2D eigenvalue weighted by atomic mass is 32.1. The van der Waals surface area contributed by atoms with Gasteiger partial charge in [-0.05, 0) is 80.2 Å². The molecule has 1 N–H and O–H groups in total. The van der Waals surface area contributed by atoms with Crippen molar-refractivity contribution >= 4 is 46.6 Å². The van der Waals surface area contributed by atoms with Crippen LogP contribution in [-0.4, -0.2) is 33.5 Å². The summed E-state index contributed by atoms with van der Waals surface area (Å²) in [5.41, 5.74) is 3.43. The summed E-state index contributed by atoms with van der Waals surface area (Å²) >= 11 is 5.25. The zero-order valence-corrected chi connectivity index (χ0v) is 19.4. The molecule has 1 aliphatic rings. The fraction of sp³-hybridized carbons (Fsp3) is 0.125. The van der Waals surface area contributed by atoms with Crippen molar-refractivity contribution in [3.8, 4) is 11.4 Å². The summed E-state index contributed by atoms with van der Waals surface area (Å²) in [4.78, 5) is 37.7. The van der Waals surface area contributed by atoms with Crippen LogP contribution in [0.5, 0.6) is 5.75 Å². The summed E-state index contributed by atoms with van der Waals surface area (Å²) in [6.45, 7) is 3.72. The number of nitrogens with one attached hydrogen (secondary N) is 1. The van der Waals surface area contributed by atoms with Crippen LogP contribution >= 0.6 is 12.2 Å². The first-order valence-corrected chi connectivity index (χ1v) is 10.6. The number of hydrogen-bond donors (Lipinski definition) is 1. The number of methoxy groups -OCH3 is 1. The topological polar surface area (TPSA) is 107 Å². The maximum Gasteiger partial charge on any atom is 0.270 e. The predicted molar refractivity (Wildman–Crippen MR) is 131 cm³/mol. The number of nitrogens with zero attached hydrogens (tertiary/aromatic N) is 3. The van der Waals surface area contributed by atoms with Gasteiger partial charge >= 0.3 is 0 Å². The van der Waals surface area contributed by atoms with E-state index in [2.05, 4.69) is 5.32 Å². The van der Waals surface area contributed by atoms with E-state index in [9.17, 15) is 19.7 Å². The molecule has 2 aromatic carbocycles. The fourth-order valence-electron chi connectivity index (χ4n) is 3.83. The highest BCUT2D eigenvalue weighted by molar-refractivity contribution is 7.80. The smallest absolute Gasteiger partial charge is 0.270 e. The molecular formula is C24H20N4O5S. The van der Waals surface area contributed by atoms with E-state index in [0.717, 1.165) is 17.1 Å². The Labute approximate surface area is 200 Å². The molecule has 0 atom stereocenters. The third-order valence-electron chi connectivity index (χ3n) is 5.52. The minimum absolute atomic E-state index is 0.00586. The van der Waals surface area contributed by atoms with Gasteiger partial charge in [-0.2, -0.15) is 0 Å². The average Bonchev–Trinajstić information content (AvgIpc) is 3.09. The SMILES string of the molecule is COc1ccc(N2C(=O)/C(=C\c3cc(C)n(-c4ccc([N+](=O)[O-])cc4)c3C)C(=O)NC2=S)cc1. The second-order valence-corrected chi connectivity index (χ2v) is 7.98. The van der Waals surface area contributed by atoms with Crippen LogP contribution in [0.4, 0.5) is 11.4 Å². The number of carbonyl (C=O) groups excluding carboxylic acids is 2. The number of benzene rings is 2. The molecule has 2 heterocycles. The first-order valence-electron chi connectivity index (χ1n) is 10.2. The number of thiocarbonyl (C=S) groups is 1. The minimum Gasteiger partial charge on any atom is -0.497 e. The maximum atomic E-state index is 13.3. The molecule has 172 valence electrons. The highest BCUT2D eigenvalue weighted by Crippen LogP contribution is 2.27. The average molecular weight is 477 g/mol. The Morgan fingerprint density at radius 2 is 1.65 bits per heavy atom. The van der Waals surface area contributed by atoms with Gasteiger partial charge in [-0.3, -0.25) is 29.9 Å². The number of ether oxygens (including phenoxy) is 1. The zero-order chi connectivity index (χ0) is 24.6. The first-order chi connectivity index (χ1) is 16.2. The molecule has 0 bridgehead atoms. The normalized spacial score (nSPS) is 15.0. The Balaban J connectivity index is 1.72. The van der Waals surface area contributed by atoms with Gasteiger partial charge in [0, 0.05) is 29.2 Å². The Morgan fingerprint density at radius 1 is 1.03 bits per heavy atom. The number of rotatable bonds is 5. The third-order valence-corrected chi connectivity index (χ3v) is 5.81. The van der Waals surface area contributed by atoms with Crippen molar-refractivity contribution < 1.29 is 19.2 Å². The number of hydrogen-bond acceptors (Lipinski definition) is 6. The number of amides is 2. The molecule has 34 heavy (non-hydrogen) atoms. The number of nitro benzene ring substituents is 1. The molecule has 0 saturated carbocycles. The van der Waals surface area contributed by atoms with E-state index in [-0.39, 0.29) is 16.4 Å². The van der Waals surface area contributed by atoms with Crippen molar-refractivity contribution in [2.75, 3.05) is 12.0 Å². The lowest BCUT2D eigenvalue weighted by atomic mass is 10.1. The zero-order valence-electron chi connectivity index (χ0n) is 18.6. The molecule has 0 radical (unpaired) electrons. The second kappa shape index (κ2) is 8.91. The molecule has 9 nitrogen and oxygen atoms in total. The standard InChI is InChI=1S/C24H20N4O5S/c1-14-12-16(15(2)26(14)17-4-6-19(7-5-17)28(31)32)13-21-22(29)25-24(34)27(23(21)30)18-8-10-20(33-3)11-9-18/h4-13H,1-3H3,(H,25,29,34)/b21-13-. The van der Waals surface area contributed by atoms with E-state index in [1.165, 1.54) is 23.1 Å². The number of aryl methyl sites for hydroxylation is 1. The first kappa shape index (κ1) is 22.9. The summed E-state index contributed by atoms with van der Waals surface area (Å²) in [6, 6.07) is 14.8. The van der Waals surface area contributed by atoms with Gasteiger partial charge in [-0.25, -0.2) is 0 Å². The van der Waals surface area contributed by atoms with Crippen LogP contribution in [0.2, 0.25) is 0 Å². The van der Waals surface area contributed by atoms with Crippen LogP contribution < -0.4 is 15.0 Å². The van der Waals surface area contributed by atoms with Crippen molar-refractivity contribution in [1.29, 1.82) is 0 Å². The third kappa shape index (κ3) is 4.06. The molecule has 1 fully saturated rings. The Kier molecular flexibility index (Phi) is 5.99. The number of anilines is 1. The van der Waals surface area contributed by atoms with Gasteiger partial charge < -0.3 is 9.30 Å². The molecular weight excluding hydrogens is 456 g/mol. The molecule has 3 aromatic rings. The summed E-state index contributed by atoms with van der Waals surface area (Å²) in [5.74, 6) is -0.503. The van der Waals surface area contributed by atoms with E-state index in [1.807, 2.05) is 24.5 Å². The van der Waals surface area contributed by atoms with Crippen molar-refractivity contribution in [3.63, 3.8) is 0 Å². The Bertz CT molecular complexity index is 1360. The van der Waals surface area contributed by atoms with E-state index >= 15 is 0 Å². The van der Waals surface area contributed by atoms with Gasteiger partial charge in [0.2, 0.25) is 0 Å². The summed E-state index contributed by atoms with van der Waals surface area (Å²) in [5, 5.41) is 13.5. The van der Waals surface area contributed by atoms with Crippen LogP contribution in [0.3, 0.4) is 0 Å². The monoisotopic (exact) mass is 476 g/mol. The van der Waals surface area contributed by atoms with Gasteiger partial charge in [-0.15, -0.1) is 0 Å². The molecule has 0 aliphatic carbocycles. The molecule has 1 aliphatic heterocycles. The molecule has 0 unspecified atom stereocenters. The predicted octanol–water partition coefficient (Wildman–Crippen LogP) is 3.84. The van der Waals surface area contributed by atoms with Crippen molar-refractivity contribution in [1.82, 2.24) is 9.88 Å². The fourth-order valence-corrected chi connectivity index (χ4v) is 4.11. The van der Waals surface area contributed by atoms with Gasteiger partial charge in [0.1, 0.15) is 11.3 Å². The molecule has 1 aromatic heterocycles. The lowest BCUT2D eigenvalue weighted by Gasteiger charge is -2.29. The Hall–Kier alpha value is -4.31. The minimum atomic E-state index is -0.583. The van der Waals surface area contributed by atoms with Crippen LogP contribution in [0.15, 0.2) is 60.2 Å². The van der Waals surface area contributed by atoms with E-state index in [0.29, 0.717) is 17.0 Å². The molecule has 2 amide bonds. The summed E-state index contributed by atoms with van der Waals surface area (Å²) < 4.78 is 7.05. The number of carbonyl (C=O) groups is 2. The van der Waals surface area contributed by atoms with Gasteiger partial charge in [0.15, 0.2) is 5.11 Å². The lowest BCUT2D eigenvalue weighted by Crippen LogP contribution is -2.54. The summed E-state index contributed by atoms with van der Waals surface area (Å²) in [6.07, 6.45) is 1.53. The molecule has 0 spiro atoms. The van der Waals surface area contributed by atoms with Crippen LogP contribution in [0.1, 0.15) is 17.0 Å². The van der Waals surface area contributed by atoms with Crippen molar-refractivity contribution in [2.24, 2.45) is 0 Å². The van der Waals surface area contributed by atoms with Gasteiger partial charge in [-0.1, -0.05) is 0 Å². The van der Waals surface area contributed by atoms with Crippen molar-refractivity contribution in [3.05, 3.63) is 87.2 Å². The maximum absolute atomic E-state index is 13.3. The summed E-state index contributed by atoms with van der Waals surface area (Å²) in [7, 11) is 1.54. The van der Waals surface area contributed by atoms with Crippen LogP contribution in [-0.2, 0) is 9.59 Å². The highest BCUT2D eigenvalue weighted by Gasteiger charge is 2.34. The number of non-ortho nitro benzene ring substituents is 1. The quantitative estimate of drug-likeness (QED) is 0.197. The number of aromatic nitrogens is 1. The van der Waals surface area contributed by atoms with Crippen molar-refractivity contribution in [2.45, 2.75) is 13.8 Å². The second-order valence-electron chi connectivity index (χ2n) is 7.59. The Morgan fingerprint density at radius 3 is 2.24 bits per heavy atom. The molecule has 4 rings (SSSR count). The largest absolute Gasteiger partial charge is 0.497 e. The lowest BCUT2D eigenvalue weighted by molar-refractivity contribution is -0.384. The molecule has 10 heteroatoms. The van der Waals surface area contributed by atoms with Gasteiger partial charge in [0.25, 0.3) is 17.5 Å².